The number of rotatable bonds is 6. The number of ether oxygens (including phenoxy) is 1. The van der Waals surface area contributed by atoms with Crippen molar-refractivity contribution in [1.82, 2.24) is 0 Å². The molecule has 0 radical (unpaired) electrons. The largest absolute Gasteiger partial charge is 0.485 e. The Bertz CT molecular complexity index is 1360. The minimum Gasteiger partial charge on any atom is -0.485 e. The van der Waals surface area contributed by atoms with E-state index in [1.807, 2.05) is 54.6 Å². The van der Waals surface area contributed by atoms with Crippen LogP contribution in [0.1, 0.15) is 16.8 Å². The Hall–Kier alpha value is -3.99. The van der Waals surface area contributed by atoms with E-state index in [4.69, 9.17) is 4.74 Å². The zero-order valence-corrected chi connectivity index (χ0v) is 19.6. The first-order valence-electron chi connectivity index (χ1n) is 12.6. The zero-order chi connectivity index (χ0) is 24.4. The van der Waals surface area contributed by atoms with E-state index in [-0.39, 0.29) is 47.9 Å². The average Bonchev–Trinajstić information content (AvgIpc) is 3.71. The molecule has 5 aliphatic rings. The van der Waals surface area contributed by atoms with Crippen LogP contribution >= 0.6 is 0 Å². The van der Waals surface area contributed by atoms with Gasteiger partial charge in [0.25, 0.3) is 0 Å². The first-order valence-corrected chi connectivity index (χ1v) is 12.6. The summed E-state index contributed by atoms with van der Waals surface area (Å²) in [4.78, 5) is 40.6. The molecule has 0 spiro atoms. The van der Waals surface area contributed by atoms with Gasteiger partial charge in [-0.1, -0.05) is 66.7 Å². The number of amides is 2. The van der Waals surface area contributed by atoms with Gasteiger partial charge in [-0.3, -0.25) is 19.3 Å². The molecule has 2 amide bonds. The van der Waals surface area contributed by atoms with E-state index in [0.717, 1.165) is 17.5 Å². The Morgan fingerprint density at radius 3 is 1.94 bits per heavy atom. The first kappa shape index (κ1) is 21.3. The highest BCUT2D eigenvalue weighted by Crippen LogP contribution is 2.65. The van der Waals surface area contributed by atoms with Gasteiger partial charge in [0.2, 0.25) is 11.8 Å². The van der Waals surface area contributed by atoms with Gasteiger partial charge in [-0.25, -0.2) is 0 Å². The minimum absolute atomic E-state index is 0.0718. The number of anilines is 1. The van der Waals surface area contributed by atoms with E-state index in [0.29, 0.717) is 28.8 Å². The van der Waals surface area contributed by atoms with Crippen LogP contribution in [-0.4, -0.2) is 24.2 Å². The SMILES string of the molecule is O=C(COc1ccc(N2C(=O)[C@@H]3[C@H]4C=C[C@@H]([C@@H]5C[C@H]45)[C@H]3C2=O)cc1)c1ccc(-c2ccccc2)cc1. The smallest absolute Gasteiger partial charge is 0.238 e. The maximum absolute atomic E-state index is 13.3. The Balaban J connectivity index is 1.01. The molecule has 3 aromatic carbocycles. The summed E-state index contributed by atoms with van der Waals surface area (Å²) in [5.41, 5.74) is 3.31. The van der Waals surface area contributed by atoms with Gasteiger partial charge in [-0.2, -0.15) is 0 Å². The lowest BCUT2D eigenvalue weighted by Gasteiger charge is -2.37. The molecule has 0 aromatic heterocycles. The highest BCUT2D eigenvalue weighted by molar-refractivity contribution is 6.22. The van der Waals surface area contributed by atoms with E-state index in [1.54, 1.807) is 24.3 Å². The fourth-order valence-electron chi connectivity index (χ4n) is 6.61. The van der Waals surface area contributed by atoms with Crippen LogP contribution in [0.25, 0.3) is 11.1 Å². The number of carbonyl (C=O) groups excluding carboxylic acids is 3. The number of Topliss-reactive ketones (excluding diaryl/α,β-unsaturated/α-hetero) is 1. The van der Waals surface area contributed by atoms with Crippen molar-refractivity contribution in [3.8, 4) is 16.9 Å². The van der Waals surface area contributed by atoms with Crippen LogP contribution in [0.4, 0.5) is 5.69 Å². The lowest BCUT2D eigenvalue weighted by molar-refractivity contribution is -0.124. The average molecular weight is 476 g/mol. The molecule has 4 aliphatic carbocycles. The first-order chi connectivity index (χ1) is 17.6. The summed E-state index contributed by atoms with van der Waals surface area (Å²) in [5, 5.41) is 0. The number of hydrogen-bond acceptors (Lipinski definition) is 4. The Morgan fingerprint density at radius 2 is 1.33 bits per heavy atom. The molecule has 8 rings (SSSR count). The fourth-order valence-corrected chi connectivity index (χ4v) is 6.61. The minimum atomic E-state index is -0.210. The molecule has 3 fully saturated rings. The zero-order valence-electron chi connectivity index (χ0n) is 19.6. The maximum Gasteiger partial charge on any atom is 0.238 e. The van der Waals surface area contributed by atoms with E-state index in [1.165, 1.54) is 4.90 Å². The molecule has 3 aromatic rings. The molecular weight excluding hydrogens is 450 g/mol. The van der Waals surface area contributed by atoms with Crippen molar-refractivity contribution in [2.24, 2.45) is 35.5 Å². The molecule has 1 aliphatic heterocycles. The highest BCUT2D eigenvalue weighted by Gasteiger charge is 2.67. The van der Waals surface area contributed by atoms with Gasteiger partial charge in [0.1, 0.15) is 5.75 Å². The summed E-state index contributed by atoms with van der Waals surface area (Å²) < 4.78 is 5.72. The third-order valence-corrected chi connectivity index (χ3v) is 8.44. The van der Waals surface area contributed by atoms with Crippen LogP contribution in [0.15, 0.2) is 91.0 Å². The van der Waals surface area contributed by atoms with Crippen molar-refractivity contribution in [1.29, 1.82) is 0 Å². The van der Waals surface area contributed by atoms with Crippen molar-refractivity contribution in [2.75, 3.05) is 11.5 Å². The topological polar surface area (TPSA) is 63.7 Å². The molecule has 1 heterocycles. The van der Waals surface area contributed by atoms with E-state index in [9.17, 15) is 14.4 Å². The molecular formula is C31H25NO4. The lowest BCUT2D eigenvalue weighted by atomic mass is 9.63. The summed E-state index contributed by atoms with van der Waals surface area (Å²) in [5.74, 6) is 1.43. The summed E-state index contributed by atoms with van der Waals surface area (Å²) in [7, 11) is 0. The fraction of sp³-hybridized carbons (Fsp3) is 0.258. The number of imide groups is 1. The number of allylic oxidation sites excluding steroid dienone is 2. The molecule has 6 atom stereocenters. The normalized spacial score (nSPS) is 29.2. The van der Waals surface area contributed by atoms with Crippen LogP contribution in [-0.2, 0) is 9.59 Å². The molecule has 5 heteroatoms. The van der Waals surface area contributed by atoms with E-state index >= 15 is 0 Å². The van der Waals surface area contributed by atoms with Gasteiger partial charge in [-0.15, -0.1) is 0 Å². The lowest BCUT2D eigenvalue weighted by Crippen LogP contribution is -2.40. The molecule has 0 unspecified atom stereocenters. The number of ketones is 1. The third kappa shape index (κ3) is 3.26. The summed E-state index contributed by atoms with van der Waals surface area (Å²) in [6.07, 6.45) is 5.51. The highest BCUT2D eigenvalue weighted by atomic mass is 16.5. The molecule has 0 N–H and O–H groups in total. The molecule has 2 bridgehead atoms. The third-order valence-electron chi connectivity index (χ3n) is 8.44. The van der Waals surface area contributed by atoms with Gasteiger partial charge in [0, 0.05) is 5.56 Å². The number of hydrogen-bond donors (Lipinski definition) is 0. The molecule has 5 nitrogen and oxygen atoms in total. The van der Waals surface area contributed by atoms with Gasteiger partial charge >= 0.3 is 0 Å². The van der Waals surface area contributed by atoms with Gasteiger partial charge in [0.05, 0.1) is 17.5 Å². The monoisotopic (exact) mass is 475 g/mol. The Kier molecular flexibility index (Phi) is 4.75. The maximum atomic E-state index is 13.3. The van der Waals surface area contributed by atoms with Gasteiger partial charge in [0.15, 0.2) is 12.4 Å². The van der Waals surface area contributed by atoms with Gasteiger partial charge < -0.3 is 4.74 Å². The molecule has 2 saturated carbocycles. The summed E-state index contributed by atoms with van der Waals surface area (Å²) >= 11 is 0. The standard InChI is InChI=1S/C31H25NO4/c33-27(20-8-6-19(7-9-20)18-4-2-1-3-5-18)17-36-22-12-10-21(11-13-22)32-30(34)28-23-14-15-24(26-16-25(23)26)29(28)31(32)35/h1-15,23-26,28-29H,16-17H2/t23-,24-,25-,26+,28+,29+/m0/s1. The van der Waals surface area contributed by atoms with Crippen LogP contribution in [0.5, 0.6) is 5.75 Å². The van der Waals surface area contributed by atoms with Crippen molar-refractivity contribution in [2.45, 2.75) is 6.42 Å². The quantitative estimate of drug-likeness (QED) is 0.280. The number of benzene rings is 3. The van der Waals surface area contributed by atoms with E-state index < -0.39 is 0 Å². The molecule has 178 valence electrons. The van der Waals surface area contributed by atoms with E-state index in [2.05, 4.69) is 12.2 Å². The van der Waals surface area contributed by atoms with Crippen molar-refractivity contribution in [3.05, 3.63) is 96.6 Å². The summed E-state index contributed by atoms with van der Waals surface area (Å²) in [6, 6.07) is 24.4. The second-order valence-corrected chi connectivity index (χ2v) is 10.3. The summed E-state index contributed by atoms with van der Waals surface area (Å²) in [6.45, 7) is -0.0897. The van der Waals surface area contributed by atoms with Gasteiger partial charge in [-0.05, 0) is 65.5 Å². The Labute approximate surface area is 209 Å². The Morgan fingerprint density at radius 1 is 0.750 bits per heavy atom. The van der Waals surface area contributed by atoms with Crippen LogP contribution in [0.2, 0.25) is 0 Å². The van der Waals surface area contributed by atoms with Crippen LogP contribution in [0, 0.1) is 35.5 Å². The second-order valence-electron chi connectivity index (χ2n) is 10.3. The number of carbonyl (C=O) groups is 3. The van der Waals surface area contributed by atoms with Crippen molar-refractivity contribution >= 4 is 23.3 Å². The van der Waals surface area contributed by atoms with Crippen molar-refractivity contribution in [3.63, 3.8) is 0 Å². The predicted octanol–water partition coefficient (Wildman–Crippen LogP) is 5.17. The molecule has 1 saturated heterocycles. The van der Waals surface area contributed by atoms with Crippen LogP contribution < -0.4 is 9.64 Å². The van der Waals surface area contributed by atoms with Crippen molar-refractivity contribution < 1.29 is 19.1 Å². The van der Waals surface area contributed by atoms with Crippen LogP contribution in [0.3, 0.4) is 0 Å². The number of nitrogens with zero attached hydrogens (tertiary/aromatic N) is 1. The second kappa shape index (κ2) is 8.02. The predicted molar refractivity (Wildman–Crippen MR) is 135 cm³/mol. The molecule has 36 heavy (non-hydrogen) atoms.